The van der Waals surface area contributed by atoms with Gasteiger partial charge in [-0.1, -0.05) is 19.0 Å². The number of hydrogen-bond acceptors (Lipinski definition) is 6. The van der Waals surface area contributed by atoms with Crippen molar-refractivity contribution in [3.63, 3.8) is 0 Å². The summed E-state index contributed by atoms with van der Waals surface area (Å²) in [6.45, 7) is 11.7. The Bertz CT molecular complexity index is 384. The van der Waals surface area contributed by atoms with E-state index in [1.807, 2.05) is 6.92 Å². The number of nitrogens with one attached hydrogen (secondary N) is 1. The first-order chi connectivity index (χ1) is 9.15. The van der Waals surface area contributed by atoms with Gasteiger partial charge in [-0.2, -0.15) is 4.98 Å². The number of aromatic nitrogens is 2. The minimum Gasteiger partial charge on any atom is -0.370 e. The van der Waals surface area contributed by atoms with Crippen molar-refractivity contribution in [2.24, 2.45) is 5.92 Å². The highest BCUT2D eigenvalue weighted by atomic mass is 35.5. The van der Waals surface area contributed by atoms with Crippen molar-refractivity contribution in [3.8, 4) is 0 Å². The summed E-state index contributed by atoms with van der Waals surface area (Å²) >= 11 is 0. The molecule has 0 radical (unpaired) electrons. The molecule has 1 N–H and O–H groups in total. The van der Waals surface area contributed by atoms with Crippen molar-refractivity contribution in [3.05, 3.63) is 11.7 Å². The second kappa shape index (κ2) is 10.3. The van der Waals surface area contributed by atoms with Gasteiger partial charge < -0.3 is 14.6 Å². The Morgan fingerprint density at radius 2 is 1.90 bits per heavy atom. The van der Waals surface area contributed by atoms with Gasteiger partial charge in [-0.25, -0.2) is 0 Å². The van der Waals surface area contributed by atoms with Crippen molar-refractivity contribution in [2.45, 2.75) is 33.4 Å². The van der Waals surface area contributed by atoms with Crippen LogP contribution in [0.25, 0.3) is 0 Å². The molecule has 21 heavy (non-hydrogen) atoms. The number of rotatable bonds is 6. The van der Waals surface area contributed by atoms with Crippen LogP contribution >= 0.6 is 24.8 Å². The summed E-state index contributed by atoms with van der Waals surface area (Å²) < 4.78 is 11.0. The molecular weight excluding hydrogens is 315 g/mol. The Morgan fingerprint density at radius 3 is 2.52 bits per heavy atom. The third-order valence-corrected chi connectivity index (χ3v) is 3.10. The molecule has 1 aliphatic heterocycles. The Balaban J connectivity index is 0.00000200. The minimum absolute atomic E-state index is 0. The zero-order valence-electron chi connectivity index (χ0n) is 12.9. The van der Waals surface area contributed by atoms with Gasteiger partial charge in [-0.15, -0.1) is 24.8 Å². The summed E-state index contributed by atoms with van der Waals surface area (Å²) in [5.41, 5.74) is 0. The third-order valence-electron chi connectivity index (χ3n) is 3.10. The zero-order valence-corrected chi connectivity index (χ0v) is 14.5. The molecule has 0 aliphatic carbocycles. The van der Waals surface area contributed by atoms with Crippen LogP contribution in [-0.2, 0) is 11.3 Å². The number of ether oxygens (including phenoxy) is 1. The van der Waals surface area contributed by atoms with Gasteiger partial charge in [0.05, 0.1) is 6.54 Å². The smallest absolute Gasteiger partial charge is 0.240 e. The van der Waals surface area contributed by atoms with E-state index in [-0.39, 0.29) is 30.9 Å². The van der Waals surface area contributed by atoms with Crippen LogP contribution in [0.3, 0.4) is 0 Å². The highest BCUT2D eigenvalue weighted by molar-refractivity contribution is 5.85. The van der Waals surface area contributed by atoms with Crippen molar-refractivity contribution in [2.75, 3.05) is 32.8 Å². The van der Waals surface area contributed by atoms with E-state index < -0.39 is 0 Å². The normalized spacial score (nSPS) is 17.1. The van der Waals surface area contributed by atoms with Gasteiger partial charge in [0.15, 0.2) is 5.82 Å². The van der Waals surface area contributed by atoms with Crippen LogP contribution in [0.2, 0.25) is 0 Å². The lowest BCUT2D eigenvalue weighted by Gasteiger charge is -2.25. The van der Waals surface area contributed by atoms with E-state index in [1.165, 1.54) is 0 Å². The van der Waals surface area contributed by atoms with Crippen molar-refractivity contribution < 1.29 is 9.26 Å². The van der Waals surface area contributed by atoms with Crippen LogP contribution in [0.15, 0.2) is 4.52 Å². The zero-order chi connectivity index (χ0) is 13.7. The first kappa shape index (κ1) is 20.6. The standard InChI is InChI=1S/C13H24N4O2.2ClH/c1-10(2)9-18-11(3)13-15-12(19-16-13)8-17-6-4-14-5-7-17;;/h10-11,14H,4-9H2,1-3H3;2*1H. The third kappa shape index (κ3) is 6.93. The van der Waals surface area contributed by atoms with E-state index in [0.29, 0.717) is 24.2 Å². The minimum atomic E-state index is -0.108. The fraction of sp³-hybridized carbons (Fsp3) is 0.846. The number of piperazine rings is 1. The maximum Gasteiger partial charge on any atom is 0.240 e. The van der Waals surface area contributed by atoms with Crippen LogP contribution in [-0.4, -0.2) is 47.8 Å². The van der Waals surface area contributed by atoms with Gasteiger partial charge in [-0.05, 0) is 12.8 Å². The summed E-state index contributed by atoms with van der Waals surface area (Å²) in [4.78, 5) is 6.73. The second-order valence-corrected chi connectivity index (χ2v) is 5.44. The molecule has 1 aliphatic rings. The maximum absolute atomic E-state index is 5.68. The molecule has 1 unspecified atom stereocenters. The van der Waals surface area contributed by atoms with E-state index in [9.17, 15) is 0 Å². The summed E-state index contributed by atoms with van der Waals surface area (Å²) in [5.74, 6) is 1.83. The van der Waals surface area contributed by atoms with E-state index in [1.54, 1.807) is 0 Å². The molecule has 2 heterocycles. The van der Waals surface area contributed by atoms with E-state index in [4.69, 9.17) is 9.26 Å². The highest BCUT2D eigenvalue weighted by Crippen LogP contribution is 2.15. The second-order valence-electron chi connectivity index (χ2n) is 5.44. The molecular formula is C13H26Cl2N4O2. The lowest BCUT2D eigenvalue weighted by molar-refractivity contribution is 0.0402. The molecule has 0 bridgehead atoms. The van der Waals surface area contributed by atoms with E-state index in [2.05, 4.69) is 34.2 Å². The van der Waals surface area contributed by atoms with Gasteiger partial charge in [0.25, 0.3) is 0 Å². The molecule has 1 aromatic rings. The van der Waals surface area contributed by atoms with E-state index in [0.717, 1.165) is 32.7 Å². The van der Waals surface area contributed by atoms with Gasteiger partial charge in [0.1, 0.15) is 6.10 Å². The SMILES string of the molecule is CC(C)COC(C)c1noc(CN2CCNCC2)n1.Cl.Cl. The molecule has 0 amide bonds. The van der Waals surface area contributed by atoms with Gasteiger partial charge >= 0.3 is 0 Å². The van der Waals surface area contributed by atoms with Crippen LogP contribution in [0.4, 0.5) is 0 Å². The molecule has 2 rings (SSSR count). The van der Waals surface area contributed by atoms with Gasteiger partial charge in [0, 0.05) is 32.8 Å². The fourth-order valence-electron chi connectivity index (χ4n) is 1.97. The van der Waals surface area contributed by atoms with Gasteiger partial charge in [0.2, 0.25) is 5.89 Å². The van der Waals surface area contributed by atoms with Crippen LogP contribution in [0.1, 0.15) is 38.6 Å². The average Bonchev–Trinajstić information content (AvgIpc) is 2.85. The fourth-order valence-corrected chi connectivity index (χ4v) is 1.97. The lowest BCUT2D eigenvalue weighted by atomic mass is 10.2. The van der Waals surface area contributed by atoms with Crippen molar-refractivity contribution in [1.82, 2.24) is 20.4 Å². The summed E-state index contributed by atoms with van der Waals surface area (Å²) in [6.07, 6.45) is -0.108. The molecule has 0 saturated carbocycles. The summed E-state index contributed by atoms with van der Waals surface area (Å²) in [6, 6.07) is 0. The molecule has 1 saturated heterocycles. The molecule has 6 nitrogen and oxygen atoms in total. The Morgan fingerprint density at radius 1 is 1.24 bits per heavy atom. The predicted molar refractivity (Wildman–Crippen MR) is 86.1 cm³/mol. The quantitative estimate of drug-likeness (QED) is 0.854. The van der Waals surface area contributed by atoms with Crippen LogP contribution in [0, 0.1) is 5.92 Å². The summed E-state index contributed by atoms with van der Waals surface area (Å²) in [5, 5.41) is 7.33. The Kier molecular flexibility index (Phi) is 10.1. The molecule has 1 aromatic heterocycles. The van der Waals surface area contributed by atoms with Crippen LogP contribution < -0.4 is 5.32 Å². The van der Waals surface area contributed by atoms with Crippen LogP contribution in [0.5, 0.6) is 0 Å². The molecule has 0 spiro atoms. The summed E-state index contributed by atoms with van der Waals surface area (Å²) in [7, 11) is 0. The monoisotopic (exact) mass is 340 g/mol. The topological polar surface area (TPSA) is 63.4 Å². The lowest BCUT2D eigenvalue weighted by Crippen LogP contribution is -2.42. The van der Waals surface area contributed by atoms with Gasteiger partial charge in [-0.3, -0.25) is 4.90 Å². The molecule has 0 aromatic carbocycles. The molecule has 1 fully saturated rings. The number of halogens is 2. The average molecular weight is 341 g/mol. The highest BCUT2D eigenvalue weighted by Gasteiger charge is 2.17. The molecule has 1 atom stereocenters. The Hall–Kier alpha value is -0.400. The maximum atomic E-state index is 5.68. The first-order valence-corrected chi connectivity index (χ1v) is 7.02. The first-order valence-electron chi connectivity index (χ1n) is 7.02. The number of hydrogen-bond donors (Lipinski definition) is 1. The largest absolute Gasteiger partial charge is 0.370 e. The van der Waals surface area contributed by atoms with E-state index >= 15 is 0 Å². The molecule has 124 valence electrons. The van der Waals surface area contributed by atoms with Crippen molar-refractivity contribution in [1.29, 1.82) is 0 Å². The molecule has 8 heteroatoms. The van der Waals surface area contributed by atoms with Crippen molar-refractivity contribution >= 4 is 24.8 Å². The predicted octanol–water partition coefficient (Wildman–Crippen LogP) is 2.05. The number of nitrogens with zero attached hydrogens (tertiary/aromatic N) is 3. The Labute approximate surface area is 138 Å².